The van der Waals surface area contributed by atoms with Crippen molar-refractivity contribution in [1.82, 2.24) is 9.55 Å². The second-order valence-corrected chi connectivity index (χ2v) is 7.57. The highest BCUT2D eigenvalue weighted by molar-refractivity contribution is 5.75. The molecule has 0 saturated heterocycles. The number of aromatic nitrogens is 2. The molecule has 0 saturated carbocycles. The number of ether oxygens (including phenoxy) is 2. The first-order valence-corrected chi connectivity index (χ1v) is 10.7. The third kappa shape index (κ3) is 5.15. The highest BCUT2D eigenvalue weighted by atomic mass is 16.5. The zero-order valence-corrected chi connectivity index (χ0v) is 18.0. The Kier molecular flexibility index (Phi) is 6.68. The van der Waals surface area contributed by atoms with Crippen LogP contribution in [-0.2, 0) is 19.6 Å². The Hall–Kier alpha value is -3.53. The van der Waals surface area contributed by atoms with Crippen molar-refractivity contribution in [3.8, 4) is 11.5 Å². The molecule has 0 N–H and O–H groups in total. The maximum absolute atomic E-state index is 6.17. The summed E-state index contributed by atoms with van der Waals surface area (Å²) in [5.74, 6) is 2.71. The molecule has 4 heteroatoms. The molecule has 1 heterocycles. The van der Waals surface area contributed by atoms with E-state index in [9.17, 15) is 0 Å². The van der Waals surface area contributed by atoms with Gasteiger partial charge in [-0.25, -0.2) is 4.98 Å². The summed E-state index contributed by atoms with van der Waals surface area (Å²) in [6, 6.07) is 24.5. The lowest BCUT2D eigenvalue weighted by Gasteiger charge is -2.13. The molecule has 3 aromatic carbocycles. The molecule has 0 spiro atoms. The second-order valence-electron chi connectivity index (χ2n) is 7.57. The van der Waals surface area contributed by atoms with Crippen LogP contribution < -0.4 is 9.47 Å². The van der Waals surface area contributed by atoms with Crippen LogP contribution in [0.2, 0.25) is 0 Å². The van der Waals surface area contributed by atoms with Gasteiger partial charge in [0.2, 0.25) is 0 Å². The van der Waals surface area contributed by atoms with Gasteiger partial charge in [0.15, 0.2) is 0 Å². The Bertz CT molecular complexity index is 1150. The number of allylic oxidation sites excluding steroid dienone is 1. The summed E-state index contributed by atoms with van der Waals surface area (Å²) in [4.78, 5) is 4.83. The largest absolute Gasteiger partial charge is 0.494 e. The number of para-hydroxylation sites is 3. The summed E-state index contributed by atoms with van der Waals surface area (Å²) in [6.45, 7) is 7.81. The molecule has 0 aliphatic heterocycles. The molecule has 158 valence electrons. The second kappa shape index (κ2) is 9.98. The van der Waals surface area contributed by atoms with Crippen molar-refractivity contribution in [2.24, 2.45) is 0 Å². The summed E-state index contributed by atoms with van der Waals surface area (Å²) in [6.07, 6.45) is 3.56. The van der Waals surface area contributed by atoms with Gasteiger partial charge in [0.25, 0.3) is 0 Å². The molecule has 4 nitrogen and oxygen atoms in total. The van der Waals surface area contributed by atoms with Crippen LogP contribution in [0.5, 0.6) is 11.5 Å². The summed E-state index contributed by atoms with van der Waals surface area (Å²) in [5.41, 5.74) is 4.47. The molecular weight excluding hydrogens is 384 g/mol. The van der Waals surface area contributed by atoms with E-state index in [1.165, 1.54) is 5.56 Å². The molecule has 0 bridgehead atoms. The molecule has 0 aliphatic carbocycles. The molecule has 4 aromatic rings. The number of nitrogens with zero attached hydrogens (tertiary/aromatic N) is 2. The monoisotopic (exact) mass is 412 g/mol. The van der Waals surface area contributed by atoms with Crippen LogP contribution >= 0.6 is 0 Å². The van der Waals surface area contributed by atoms with Crippen LogP contribution in [0.4, 0.5) is 0 Å². The number of rotatable bonds is 10. The molecule has 0 fully saturated rings. The van der Waals surface area contributed by atoms with Crippen molar-refractivity contribution in [3.63, 3.8) is 0 Å². The lowest BCUT2D eigenvalue weighted by Crippen LogP contribution is -2.10. The zero-order valence-electron chi connectivity index (χ0n) is 18.0. The molecule has 4 rings (SSSR count). The van der Waals surface area contributed by atoms with Crippen LogP contribution in [-0.4, -0.2) is 16.2 Å². The van der Waals surface area contributed by atoms with E-state index in [2.05, 4.69) is 42.3 Å². The van der Waals surface area contributed by atoms with Gasteiger partial charge in [0.05, 0.1) is 17.6 Å². The Morgan fingerprint density at radius 2 is 1.71 bits per heavy atom. The predicted molar refractivity (Wildman–Crippen MR) is 126 cm³/mol. The first-order valence-electron chi connectivity index (χ1n) is 10.7. The third-order valence-electron chi connectivity index (χ3n) is 5.24. The Labute approximate surface area is 183 Å². The van der Waals surface area contributed by atoms with E-state index in [0.29, 0.717) is 13.2 Å². The quantitative estimate of drug-likeness (QED) is 0.232. The maximum Gasteiger partial charge on any atom is 0.148 e. The van der Waals surface area contributed by atoms with Crippen LogP contribution in [0.1, 0.15) is 23.4 Å². The summed E-state index contributed by atoms with van der Waals surface area (Å²) >= 11 is 0. The molecule has 0 amide bonds. The first kappa shape index (κ1) is 20.7. The van der Waals surface area contributed by atoms with Gasteiger partial charge in [-0.15, -0.1) is 6.58 Å². The lowest BCUT2D eigenvalue weighted by atomic mass is 10.1. The van der Waals surface area contributed by atoms with E-state index in [-0.39, 0.29) is 0 Å². The van der Waals surface area contributed by atoms with Crippen LogP contribution in [0.25, 0.3) is 11.0 Å². The summed E-state index contributed by atoms with van der Waals surface area (Å²) < 4.78 is 14.3. The number of hydrogen-bond acceptors (Lipinski definition) is 3. The maximum atomic E-state index is 6.17. The molecule has 0 aliphatic rings. The number of fused-ring (bicyclic) bond motifs is 1. The van der Waals surface area contributed by atoms with E-state index >= 15 is 0 Å². The van der Waals surface area contributed by atoms with E-state index in [1.54, 1.807) is 0 Å². The van der Waals surface area contributed by atoms with E-state index in [4.69, 9.17) is 14.5 Å². The Morgan fingerprint density at radius 3 is 2.55 bits per heavy atom. The van der Waals surface area contributed by atoms with Gasteiger partial charge in [-0.1, -0.05) is 54.1 Å². The Balaban J connectivity index is 1.45. The minimum atomic E-state index is 0.418. The number of hydrogen-bond donors (Lipinski definition) is 0. The molecule has 31 heavy (non-hydrogen) atoms. The molecule has 1 aromatic heterocycles. The standard InChI is InChI=1S/C27H28N2O2/c1-3-9-22-10-4-7-13-26(22)31-20-27-28-24-11-5-6-12-25(24)29(27)18-8-19-30-23-16-14-21(2)15-17-23/h3-7,10-17H,1,8-9,18-20H2,2H3. The van der Waals surface area contributed by atoms with Gasteiger partial charge in [-0.2, -0.15) is 0 Å². The van der Waals surface area contributed by atoms with E-state index in [1.807, 2.05) is 54.6 Å². The number of benzene rings is 3. The topological polar surface area (TPSA) is 36.3 Å². The van der Waals surface area contributed by atoms with Gasteiger partial charge in [0.1, 0.15) is 23.9 Å². The molecule has 0 atom stereocenters. The van der Waals surface area contributed by atoms with Crippen molar-refractivity contribution in [1.29, 1.82) is 0 Å². The first-order chi connectivity index (χ1) is 15.2. The molecule has 0 radical (unpaired) electrons. The minimum Gasteiger partial charge on any atom is -0.494 e. The number of aryl methyl sites for hydroxylation is 2. The van der Waals surface area contributed by atoms with Crippen molar-refractivity contribution < 1.29 is 9.47 Å². The third-order valence-corrected chi connectivity index (χ3v) is 5.24. The van der Waals surface area contributed by atoms with Crippen molar-refractivity contribution in [2.75, 3.05) is 6.61 Å². The average molecular weight is 413 g/mol. The van der Waals surface area contributed by atoms with Crippen LogP contribution in [0.3, 0.4) is 0 Å². The normalized spacial score (nSPS) is 10.9. The summed E-state index contributed by atoms with van der Waals surface area (Å²) in [5, 5.41) is 0. The van der Waals surface area contributed by atoms with Crippen LogP contribution in [0, 0.1) is 6.92 Å². The van der Waals surface area contributed by atoms with Crippen molar-refractivity contribution >= 4 is 11.0 Å². The average Bonchev–Trinajstić information content (AvgIpc) is 3.15. The van der Waals surface area contributed by atoms with Gasteiger partial charge in [0, 0.05) is 6.54 Å². The van der Waals surface area contributed by atoms with E-state index in [0.717, 1.165) is 53.3 Å². The smallest absolute Gasteiger partial charge is 0.148 e. The fourth-order valence-corrected chi connectivity index (χ4v) is 3.64. The van der Waals surface area contributed by atoms with Gasteiger partial charge in [-0.3, -0.25) is 0 Å². The minimum absolute atomic E-state index is 0.418. The lowest BCUT2D eigenvalue weighted by molar-refractivity contribution is 0.279. The van der Waals surface area contributed by atoms with Crippen molar-refractivity contribution in [3.05, 3.63) is 102 Å². The number of imidazole rings is 1. The summed E-state index contributed by atoms with van der Waals surface area (Å²) in [7, 11) is 0. The van der Waals surface area contributed by atoms with Crippen molar-refractivity contribution in [2.45, 2.75) is 32.9 Å². The Morgan fingerprint density at radius 1 is 0.935 bits per heavy atom. The van der Waals surface area contributed by atoms with Crippen LogP contribution in [0.15, 0.2) is 85.5 Å². The predicted octanol–water partition coefficient (Wildman–Crippen LogP) is 6.12. The zero-order chi connectivity index (χ0) is 21.5. The van der Waals surface area contributed by atoms with Gasteiger partial charge in [-0.05, 0) is 55.7 Å². The fourth-order valence-electron chi connectivity index (χ4n) is 3.64. The molecular formula is C27H28N2O2. The SMILES string of the molecule is C=CCc1ccccc1OCc1nc2ccccc2n1CCCOc1ccc(C)cc1. The van der Waals surface area contributed by atoms with Gasteiger partial charge >= 0.3 is 0 Å². The fraction of sp³-hybridized carbons (Fsp3) is 0.222. The van der Waals surface area contributed by atoms with E-state index < -0.39 is 0 Å². The molecule has 0 unspecified atom stereocenters. The highest BCUT2D eigenvalue weighted by Gasteiger charge is 2.12. The highest BCUT2D eigenvalue weighted by Crippen LogP contribution is 2.22. The van der Waals surface area contributed by atoms with Gasteiger partial charge < -0.3 is 14.0 Å².